The Morgan fingerprint density at radius 3 is 2.83 bits per heavy atom. The van der Waals surface area contributed by atoms with Gasteiger partial charge in [0, 0.05) is 36.8 Å². The number of carbonyl (C=O) groups is 1. The standard InChI is InChI=1S/C18H23N3OS/c1-13-8-14(2)10-16(9-13)17(22)20-11-15-4-3-6-21(12-15)18-19-5-7-23-18/h5,7-10,15H,3-4,6,11-12H2,1-2H3,(H,20,22). The van der Waals surface area contributed by atoms with Crippen LogP contribution < -0.4 is 10.2 Å². The fourth-order valence-electron chi connectivity index (χ4n) is 3.22. The van der Waals surface area contributed by atoms with Crippen molar-refractivity contribution in [2.75, 3.05) is 24.5 Å². The van der Waals surface area contributed by atoms with E-state index in [2.05, 4.69) is 21.3 Å². The highest BCUT2D eigenvalue weighted by molar-refractivity contribution is 7.13. The van der Waals surface area contributed by atoms with Crippen LogP contribution in [0.5, 0.6) is 0 Å². The number of hydrogen-bond acceptors (Lipinski definition) is 4. The normalized spacial score (nSPS) is 18.0. The molecule has 1 atom stereocenters. The predicted molar refractivity (Wildman–Crippen MR) is 95.3 cm³/mol. The van der Waals surface area contributed by atoms with Gasteiger partial charge in [0.25, 0.3) is 5.91 Å². The van der Waals surface area contributed by atoms with Crippen LogP contribution >= 0.6 is 11.3 Å². The van der Waals surface area contributed by atoms with Gasteiger partial charge < -0.3 is 10.2 Å². The molecule has 1 amide bonds. The third-order valence-corrected chi connectivity index (χ3v) is 5.08. The zero-order valence-electron chi connectivity index (χ0n) is 13.7. The van der Waals surface area contributed by atoms with E-state index in [9.17, 15) is 4.79 Å². The summed E-state index contributed by atoms with van der Waals surface area (Å²) < 4.78 is 0. The van der Waals surface area contributed by atoms with Gasteiger partial charge in [-0.05, 0) is 44.7 Å². The van der Waals surface area contributed by atoms with Crippen molar-refractivity contribution >= 4 is 22.4 Å². The van der Waals surface area contributed by atoms with Crippen LogP contribution in [0.3, 0.4) is 0 Å². The fraction of sp³-hybridized carbons (Fsp3) is 0.444. The number of nitrogens with one attached hydrogen (secondary N) is 1. The largest absolute Gasteiger partial charge is 0.352 e. The number of aryl methyl sites for hydroxylation is 2. The first kappa shape index (κ1) is 16.0. The zero-order valence-corrected chi connectivity index (χ0v) is 14.5. The van der Waals surface area contributed by atoms with E-state index in [4.69, 9.17) is 0 Å². The molecule has 2 aromatic rings. The molecule has 1 aromatic carbocycles. The number of nitrogens with zero attached hydrogens (tertiary/aromatic N) is 2. The number of anilines is 1. The molecule has 1 aliphatic rings. The number of rotatable bonds is 4. The molecular formula is C18H23N3OS. The Morgan fingerprint density at radius 1 is 1.35 bits per heavy atom. The van der Waals surface area contributed by atoms with Gasteiger partial charge >= 0.3 is 0 Å². The van der Waals surface area contributed by atoms with Crippen LogP contribution in [0.15, 0.2) is 29.8 Å². The van der Waals surface area contributed by atoms with Gasteiger partial charge in [0.1, 0.15) is 0 Å². The number of amides is 1. The molecule has 122 valence electrons. The van der Waals surface area contributed by atoms with Gasteiger partial charge in [0.05, 0.1) is 0 Å². The maximum Gasteiger partial charge on any atom is 0.251 e. The first-order valence-corrected chi connectivity index (χ1v) is 9.01. The van der Waals surface area contributed by atoms with E-state index in [1.807, 2.05) is 37.6 Å². The van der Waals surface area contributed by atoms with Crippen LogP contribution in [-0.4, -0.2) is 30.5 Å². The Morgan fingerprint density at radius 2 is 2.13 bits per heavy atom. The van der Waals surface area contributed by atoms with E-state index < -0.39 is 0 Å². The minimum absolute atomic E-state index is 0.0307. The van der Waals surface area contributed by atoms with Crippen molar-refractivity contribution in [3.8, 4) is 0 Å². The van der Waals surface area contributed by atoms with Crippen LogP contribution in [0.1, 0.15) is 34.3 Å². The molecule has 1 fully saturated rings. The number of aromatic nitrogens is 1. The van der Waals surface area contributed by atoms with Crippen LogP contribution in [0.4, 0.5) is 5.13 Å². The molecule has 1 aliphatic heterocycles. The number of thiazole rings is 1. The Kier molecular flexibility index (Phi) is 4.96. The van der Waals surface area contributed by atoms with Gasteiger partial charge in [0.2, 0.25) is 0 Å². The predicted octanol–water partition coefficient (Wildman–Crippen LogP) is 3.41. The summed E-state index contributed by atoms with van der Waals surface area (Å²) >= 11 is 1.68. The third-order valence-electron chi connectivity index (χ3n) is 4.24. The van der Waals surface area contributed by atoms with E-state index in [0.29, 0.717) is 5.92 Å². The van der Waals surface area contributed by atoms with Crippen molar-refractivity contribution in [3.63, 3.8) is 0 Å². The maximum atomic E-state index is 12.4. The minimum atomic E-state index is 0.0307. The molecule has 1 unspecified atom stereocenters. The summed E-state index contributed by atoms with van der Waals surface area (Å²) in [6.07, 6.45) is 4.17. The lowest BCUT2D eigenvalue weighted by atomic mass is 9.98. The molecule has 0 radical (unpaired) electrons. The molecule has 0 saturated carbocycles. The number of benzene rings is 1. The Balaban J connectivity index is 1.56. The zero-order chi connectivity index (χ0) is 16.2. The molecule has 1 saturated heterocycles. The molecular weight excluding hydrogens is 306 g/mol. The number of hydrogen-bond donors (Lipinski definition) is 1. The molecule has 4 nitrogen and oxygen atoms in total. The summed E-state index contributed by atoms with van der Waals surface area (Å²) in [7, 11) is 0. The SMILES string of the molecule is Cc1cc(C)cc(C(=O)NCC2CCCN(c3nccs3)C2)c1. The molecule has 2 heterocycles. The lowest BCUT2D eigenvalue weighted by Crippen LogP contribution is -2.41. The van der Waals surface area contributed by atoms with E-state index in [-0.39, 0.29) is 5.91 Å². The highest BCUT2D eigenvalue weighted by atomic mass is 32.1. The smallest absolute Gasteiger partial charge is 0.251 e. The van der Waals surface area contributed by atoms with Crippen molar-refractivity contribution in [2.24, 2.45) is 5.92 Å². The molecule has 1 N–H and O–H groups in total. The van der Waals surface area contributed by atoms with E-state index in [1.54, 1.807) is 11.3 Å². The summed E-state index contributed by atoms with van der Waals surface area (Å²) in [4.78, 5) is 19.1. The second-order valence-electron chi connectivity index (χ2n) is 6.36. The third kappa shape index (κ3) is 4.10. The molecule has 0 spiro atoms. The minimum Gasteiger partial charge on any atom is -0.352 e. The van der Waals surface area contributed by atoms with Gasteiger partial charge in [-0.15, -0.1) is 11.3 Å². The first-order chi connectivity index (χ1) is 11.1. The average Bonchev–Trinajstić information content (AvgIpc) is 3.06. The van der Waals surface area contributed by atoms with Crippen molar-refractivity contribution in [2.45, 2.75) is 26.7 Å². The Hall–Kier alpha value is -1.88. The van der Waals surface area contributed by atoms with E-state index in [0.717, 1.165) is 54.3 Å². The van der Waals surface area contributed by atoms with Crippen molar-refractivity contribution < 1.29 is 4.79 Å². The molecule has 0 aliphatic carbocycles. The van der Waals surface area contributed by atoms with Crippen molar-refractivity contribution in [3.05, 3.63) is 46.5 Å². The van der Waals surface area contributed by atoms with Gasteiger partial charge in [-0.25, -0.2) is 4.98 Å². The lowest BCUT2D eigenvalue weighted by molar-refractivity contribution is 0.0945. The molecule has 1 aromatic heterocycles. The second kappa shape index (κ2) is 7.13. The molecule has 5 heteroatoms. The van der Waals surface area contributed by atoms with Crippen molar-refractivity contribution in [1.29, 1.82) is 0 Å². The van der Waals surface area contributed by atoms with E-state index in [1.165, 1.54) is 0 Å². The number of carbonyl (C=O) groups excluding carboxylic acids is 1. The lowest BCUT2D eigenvalue weighted by Gasteiger charge is -2.32. The average molecular weight is 329 g/mol. The summed E-state index contributed by atoms with van der Waals surface area (Å²) in [5.74, 6) is 0.519. The molecule has 23 heavy (non-hydrogen) atoms. The van der Waals surface area contributed by atoms with Crippen LogP contribution in [-0.2, 0) is 0 Å². The monoisotopic (exact) mass is 329 g/mol. The highest BCUT2D eigenvalue weighted by Gasteiger charge is 2.22. The van der Waals surface area contributed by atoms with Gasteiger partial charge in [0.15, 0.2) is 5.13 Å². The second-order valence-corrected chi connectivity index (χ2v) is 7.23. The summed E-state index contributed by atoms with van der Waals surface area (Å²) in [6, 6.07) is 5.99. The van der Waals surface area contributed by atoms with Gasteiger partial charge in [-0.2, -0.15) is 0 Å². The summed E-state index contributed by atoms with van der Waals surface area (Å²) in [6.45, 7) is 6.82. The number of piperidine rings is 1. The maximum absolute atomic E-state index is 12.4. The Labute approximate surface area is 141 Å². The quantitative estimate of drug-likeness (QED) is 0.935. The van der Waals surface area contributed by atoms with E-state index >= 15 is 0 Å². The fourth-order valence-corrected chi connectivity index (χ4v) is 3.90. The topological polar surface area (TPSA) is 45.2 Å². The van der Waals surface area contributed by atoms with Crippen LogP contribution in [0.25, 0.3) is 0 Å². The van der Waals surface area contributed by atoms with Gasteiger partial charge in [-0.1, -0.05) is 17.2 Å². The molecule has 3 rings (SSSR count). The Bertz CT molecular complexity index is 649. The highest BCUT2D eigenvalue weighted by Crippen LogP contribution is 2.24. The van der Waals surface area contributed by atoms with Crippen LogP contribution in [0, 0.1) is 19.8 Å². The summed E-state index contributed by atoms with van der Waals surface area (Å²) in [5, 5.41) is 6.21. The summed E-state index contributed by atoms with van der Waals surface area (Å²) in [5.41, 5.74) is 3.01. The van der Waals surface area contributed by atoms with Crippen LogP contribution in [0.2, 0.25) is 0 Å². The first-order valence-electron chi connectivity index (χ1n) is 8.13. The molecule has 0 bridgehead atoms. The van der Waals surface area contributed by atoms with Crippen molar-refractivity contribution in [1.82, 2.24) is 10.3 Å². The van der Waals surface area contributed by atoms with Gasteiger partial charge in [-0.3, -0.25) is 4.79 Å².